The van der Waals surface area contributed by atoms with Crippen molar-refractivity contribution in [3.8, 4) is 5.75 Å². The summed E-state index contributed by atoms with van der Waals surface area (Å²) in [6.07, 6.45) is -1.17. The predicted molar refractivity (Wildman–Crippen MR) is 106 cm³/mol. The largest absolute Gasteiger partial charge is 0.490 e. The Hall–Kier alpha value is -2.35. The quantitative estimate of drug-likeness (QED) is 0.815. The number of carbonyl (C=O) groups is 1. The molecule has 0 aliphatic carbocycles. The number of hydrogen-bond donors (Lipinski definition) is 1. The Kier molecular flexibility index (Phi) is 5.89. The maximum atomic E-state index is 13.6. The molecule has 1 N–H and O–H groups in total. The van der Waals surface area contributed by atoms with Crippen molar-refractivity contribution in [2.45, 2.75) is 18.8 Å². The Bertz CT molecular complexity index is 868. The Balaban J connectivity index is 1.53. The molecule has 0 unspecified atom stereocenters. The van der Waals surface area contributed by atoms with Crippen molar-refractivity contribution in [1.29, 1.82) is 0 Å². The smallest absolute Gasteiger partial charge is 0.407 e. The van der Waals surface area contributed by atoms with Gasteiger partial charge in [-0.3, -0.25) is 4.90 Å². The fraction of sp³-hybridized carbons (Fsp3) is 0.381. The van der Waals surface area contributed by atoms with Crippen LogP contribution in [-0.2, 0) is 11.3 Å². The van der Waals surface area contributed by atoms with Crippen molar-refractivity contribution in [3.63, 3.8) is 0 Å². The predicted octanol–water partition coefficient (Wildman–Crippen LogP) is 3.79. The fourth-order valence-electron chi connectivity index (χ4n) is 3.98. The van der Waals surface area contributed by atoms with Gasteiger partial charge in [0.2, 0.25) is 0 Å². The summed E-state index contributed by atoms with van der Waals surface area (Å²) in [4.78, 5) is 14.9. The fourth-order valence-corrected chi connectivity index (χ4v) is 4.22. The molecule has 0 radical (unpaired) electrons. The molecule has 4 rings (SSSR count). The van der Waals surface area contributed by atoms with Gasteiger partial charge < -0.3 is 19.5 Å². The molecule has 2 aliphatic heterocycles. The van der Waals surface area contributed by atoms with Crippen LogP contribution < -0.4 is 4.74 Å². The first kappa shape index (κ1) is 19.9. The van der Waals surface area contributed by atoms with E-state index in [2.05, 4.69) is 4.90 Å². The van der Waals surface area contributed by atoms with Crippen molar-refractivity contribution in [3.05, 3.63) is 64.4 Å². The second-order valence-electron chi connectivity index (χ2n) is 7.23. The Morgan fingerprint density at radius 2 is 1.97 bits per heavy atom. The van der Waals surface area contributed by atoms with E-state index in [1.807, 2.05) is 24.3 Å². The summed E-state index contributed by atoms with van der Waals surface area (Å²) >= 11 is 5.95. The van der Waals surface area contributed by atoms with Gasteiger partial charge >= 0.3 is 6.09 Å². The topological polar surface area (TPSA) is 62.2 Å². The van der Waals surface area contributed by atoms with Crippen LogP contribution in [0.4, 0.5) is 9.18 Å². The SMILES string of the molecule is O=C(O)N1CCN([C@H]2c3ccccc3OC[C@@H]2OCc2cc(F)cc(Cl)c2)CC1. The number of rotatable bonds is 4. The second kappa shape index (κ2) is 8.57. The lowest BCUT2D eigenvalue weighted by molar-refractivity contribution is -0.0670. The van der Waals surface area contributed by atoms with Gasteiger partial charge in [0.05, 0.1) is 12.6 Å². The number of carboxylic acid groups (broad SMARTS) is 1. The molecule has 0 bridgehead atoms. The molecule has 6 nitrogen and oxygen atoms in total. The van der Waals surface area contributed by atoms with E-state index in [1.54, 1.807) is 6.07 Å². The molecule has 154 valence electrons. The van der Waals surface area contributed by atoms with E-state index in [9.17, 15) is 14.3 Å². The van der Waals surface area contributed by atoms with E-state index < -0.39 is 11.9 Å². The van der Waals surface area contributed by atoms with Gasteiger partial charge in [-0.1, -0.05) is 29.8 Å². The molecule has 2 atom stereocenters. The molecule has 2 aliphatic rings. The summed E-state index contributed by atoms with van der Waals surface area (Å²) in [6, 6.07) is 12.1. The molecule has 2 aromatic carbocycles. The summed E-state index contributed by atoms with van der Waals surface area (Å²) in [7, 11) is 0. The van der Waals surface area contributed by atoms with E-state index >= 15 is 0 Å². The summed E-state index contributed by atoms with van der Waals surface area (Å²) in [6.45, 7) is 2.68. The Labute approximate surface area is 173 Å². The molecule has 0 spiro atoms. The zero-order valence-corrected chi connectivity index (χ0v) is 16.5. The molecule has 1 saturated heterocycles. The Morgan fingerprint density at radius 3 is 2.69 bits per heavy atom. The number of nitrogens with zero attached hydrogens (tertiary/aromatic N) is 2. The highest BCUT2D eigenvalue weighted by molar-refractivity contribution is 6.30. The van der Waals surface area contributed by atoms with Crippen LogP contribution in [0.15, 0.2) is 42.5 Å². The third-order valence-corrected chi connectivity index (χ3v) is 5.58. The molecule has 0 saturated carbocycles. The molecular formula is C21H22ClFN2O4. The highest BCUT2D eigenvalue weighted by Crippen LogP contribution is 2.38. The first-order chi connectivity index (χ1) is 14.0. The Morgan fingerprint density at radius 1 is 1.21 bits per heavy atom. The minimum atomic E-state index is -0.896. The first-order valence-electron chi connectivity index (χ1n) is 9.51. The van der Waals surface area contributed by atoms with E-state index in [4.69, 9.17) is 21.1 Å². The average molecular weight is 421 g/mol. The molecule has 2 aromatic rings. The molecular weight excluding hydrogens is 399 g/mol. The van der Waals surface area contributed by atoms with Gasteiger partial charge in [0, 0.05) is 36.8 Å². The van der Waals surface area contributed by atoms with Gasteiger partial charge in [-0.05, 0) is 29.8 Å². The lowest BCUT2D eigenvalue weighted by Gasteiger charge is -2.43. The van der Waals surface area contributed by atoms with Crippen molar-refractivity contribution >= 4 is 17.7 Å². The van der Waals surface area contributed by atoms with Crippen molar-refractivity contribution in [2.75, 3.05) is 32.8 Å². The van der Waals surface area contributed by atoms with Crippen LogP contribution in [0, 0.1) is 5.82 Å². The normalized spacial score (nSPS) is 22.1. The molecule has 0 aromatic heterocycles. The van der Waals surface area contributed by atoms with Crippen LogP contribution in [0.25, 0.3) is 0 Å². The van der Waals surface area contributed by atoms with Crippen LogP contribution in [0.1, 0.15) is 17.2 Å². The second-order valence-corrected chi connectivity index (χ2v) is 7.66. The monoisotopic (exact) mass is 420 g/mol. The zero-order chi connectivity index (χ0) is 20.4. The van der Waals surface area contributed by atoms with Crippen LogP contribution in [0.3, 0.4) is 0 Å². The van der Waals surface area contributed by atoms with Crippen molar-refractivity contribution < 1.29 is 23.8 Å². The van der Waals surface area contributed by atoms with Gasteiger partial charge in [-0.2, -0.15) is 0 Å². The number of hydrogen-bond acceptors (Lipinski definition) is 4. The van der Waals surface area contributed by atoms with Gasteiger partial charge in [0.15, 0.2) is 0 Å². The number of para-hydroxylation sites is 1. The number of fused-ring (bicyclic) bond motifs is 1. The van der Waals surface area contributed by atoms with Crippen LogP contribution in [-0.4, -0.2) is 59.9 Å². The van der Waals surface area contributed by atoms with Gasteiger partial charge in [-0.25, -0.2) is 9.18 Å². The number of piperazine rings is 1. The van der Waals surface area contributed by atoms with E-state index in [1.165, 1.54) is 17.0 Å². The summed E-state index contributed by atoms with van der Waals surface area (Å²) in [5.41, 5.74) is 1.67. The minimum absolute atomic E-state index is 0.0695. The molecule has 1 fully saturated rings. The third kappa shape index (κ3) is 4.47. The number of ether oxygens (including phenoxy) is 2. The summed E-state index contributed by atoms with van der Waals surface area (Å²) in [5.74, 6) is 0.412. The minimum Gasteiger partial charge on any atom is -0.490 e. The van der Waals surface area contributed by atoms with Gasteiger partial charge in [0.1, 0.15) is 24.3 Å². The lowest BCUT2D eigenvalue weighted by atomic mass is 9.95. The zero-order valence-electron chi connectivity index (χ0n) is 15.8. The van der Waals surface area contributed by atoms with E-state index in [-0.39, 0.29) is 18.8 Å². The first-order valence-corrected chi connectivity index (χ1v) is 9.89. The van der Waals surface area contributed by atoms with Gasteiger partial charge in [0.25, 0.3) is 0 Å². The number of benzene rings is 2. The maximum absolute atomic E-state index is 13.6. The molecule has 29 heavy (non-hydrogen) atoms. The average Bonchev–Trinajstić information content (AvgIpc) is 2.71. The molecule has 8 heteroatoms. The summed E-state index contributed by atoms with van der Waals surface area (Å²) in [5, 5.41) is 9.55. The summed E-state index contributed by atoms with van der Waals surface area (Å²) < 4.78 is 25.7. The molecule has 2 heterocycles. The molecule has 1 amide bonds. The van der Waals surface area contributed by atoms with Gasteiger partial charge in [-0.15, -0.1) is 0 Å². The van der Waals surface area contributed by atoms with Crippen molar-refractivity contribution in [2.24, 2.45) is 0 Å². The van der Waals surface area contributed by atoms with Crippen LogP contribution >= 0.6 is 11.6 Å². The lowest BCUT2D eigenvalue weighted by Crippen LogP contribution is -2.53. The highest BCUT2D eigenvalue weighted by atomic mass is 35.5. The maximum Gasteiger partial charge on any atom is 0.407 e. The van der Waals surface area contributed by atoms with Crippen LogP contribution in [0.2, 0.25) is 5.02 Å². The standard InChI is InChI=1S/C21H22ClFN2O4/c22-15-9-14(10-16(23)11-15)12-28-19-13-29-18-4-2-1-3-17(18)20(19)24-5-7-25(8-6-24)21(26)27/h1-4,9-11,19-20H,5-8,12-13H2,(H,26,27)/t19-,20-/m0/s1. The number of amides is 1. The van der Waals surface area contributed by atoms with Crippen LogP contribution in [0.5, 0.6) is 5.75 Å². The van der Waals surface area contributed by atoms with Crippen molar-refractivity contribution in [1.82, 2.24) is 9.80 Å². The highest BCUT2D eigenvalue weighted by Gasteiger charge is 2.37. The third-order valence-electron chi connectivity index (χ3n) is 5.36. The van der Waals surface area contributed by atoms with E-state index in [0.29, 0.717) is 43.4 Å². The van der Waals surface area contributed by atoms with E-state index in [0.717, 1.165) is 11.3 Å². The number of halogens is 2.